The number of ether oxygens (including phenoxy) is 2. The van der Waals surface area contributed by atoms with Crippen molar-refractivity contribution in [2.24, 2.45) is 0 Å². The van der Waals surface area contributed by atoms with Crippen molar-refractivity contribution >= 4 is 27.8 Å². The summed E-state index contributed by atoms with van der Waals surface area (Å²) in [6.07, 6.45) is 0.841. The monoisotopic (exact) mass is 455 g/mol. The summed E-state index contributed by atoms with van der Waals surface area (Å²) in [5, 5.41) is 17.1. The molecule has 1 saturated heterocycles. The largest absolute Gasteiger partial charge is 0.494 e. The third-order valence-corrected chi connectivity index (χ3v) is 6.30. The van der Waals surface area contributed by atoms with E-state index in [0.717, 1.165) is 5.69 Å². The zero-order valence-corrected chi connectivity index (χ0v) is 18.4. The number of methoxy groups -OCH3 is 1. The van der Waals surface area contributed by atoms with Crippen LogP contribution in [-0.4, -0.2) is 45.7 Å². The molecule has 0 saturated carbocycles. The summed E-state index contributed by atoms with van der Waals surface area (Å²) in [6, 6.07) is 6.35. The molecule has 1 aliphatic rings. The van der Waals surface area contributed by atoms with Crippen LogP contribution in [0.25, 0.3) is 27.5 Å². The highest BCUT2D eigenvalue weighted by molar-refractivity contribution is 6.00. The van der Waals surface area contributed by atoms with Gasteiger partial charge >= 0.3 is 5.97 Å². The lowest BCUT2D eigenvalue weighted by molar-refractivity contribution is -0.147. The lowest BCUT2D eigenvalue weighted by Gasteiger charge is -2.18. The van der Waals surface area contributed by atoms with Crippen molar-refractivity contribution < 1.29 is 28.2 Å². The van der Waals surface area contributed by atoms with Gasteiger partial charge in [0.1, 0.15) is 5.52 Å². The molecule has 1 fully saturated rings. The van der Waals surface area contributed by atoms with Crippen LogP contribution in [0.5, 0.6) is 5.75 Å². The van der Waals surface area contributed by atoms with Crippen LogP contribution in [0.1, 0.15) is 43.4 Å². The SMILES string of the molecule is COc1cc(-n2c(C(C)C)c([C@@H]3CO[C@@H](C(=O)O)C3)c3c(F)c4[nH]ncc4cc32)ccc1F. The Morgan fingerprint density at radius 2 is 2.12 bits per heavy atom. The summed E-state index contributed by atoms with van der Waals surface area (Å²) >= 11 is 0. The number of rotatable bonds is 5. The van der Waals surface area contributed by atoms with Crippen LogP contribution in [0.3, 0.4) is 0 Å². The van der Waals surface area contributed by atoms with Gasteiger partial charge in [-0.05, 0) is 36.1 Å². The topological polar surface area (TPSA) is 89.4 Å². The first-order chi connectivity index (χ1) is 15.8. The van der Waals surface area contributed by atoms with Crippen molar-refractivity contribution in [1.29, 1.82) is 0 Å². The molecular weight excluding hydrogens is 432 g/mol. The van der Waals surface area contributed by atoms with Crippen molar-refractivity contribution in [2.75, 3.05) is 13.7 Å². The van der Waals surface area contributed by atoms with E-state index in [0.29, 0.717) is 27.5 Å². The van der Waals surface area contributed by atoms with Crippen LogP contribution in [-0.2, 0) is 9.53 Å². The first kappa shape index (κ1) is 21.4. The molecule has 0 spiro atoms. The van der Waals surface area contributed by atoms with Crippen molar-refractivity contribution in [1.82, 2.24) is 14.8 Å². The lowest BCUT2D eigenvalue weighted by atomic mass is 9.89. The van der Waals surface area contributed by atoms with E-state index in [1.54, 1.807) is 18.3 Å². The molecule has 0 amide bonds. The van der Waals surface area contributed by atoms with E-state index in [1.807, 2.05) is 24.5 Å². The molecule has 172 valence electrons. The van der Waals surface area contributed by atoms with E-state index >= 15 is 4.39 Å². The Labute approximate surface area is 187 Å². The number of halogens is 2. The molecule has 3 heterocycles. The average molecular weight is 455 g/mol. The minimum absolute atomic E-state index is 0.0526. The molecule has 4 aromatic rings. The predicted octanol–water partition coefficient (Wildman–Crippen LogP) is 4.87. The molecular formula is C24H23F2N3O4. The van der Waals surface area contributed by atoms with E-state index in [-0.39, 0.29) is 36.1 Å². The fraction of sp³-hybridized carbons (Fsp3) is 0.333. The maximum atomic E-state index is 15.9. The highest BCUT2D eigenvalue weighted by Crippen LogP contribution is 2.45. The average Bonchev–Trinajstić information content (AvgIpc) is 3.51. The number of carboxylic acid groups (broad SMARTS) is 1. The number of nitrogens with zero attached hydrogens (tertiary/aromatic N) is 2. The third kappa shape index (κ3) is 3.26. The standard InChI is InChI=1S/C24H23F2N3O4/c1-11(2)23-19(13-7-18(24(30)31)33-10-13)20-16(6-12-9-27-28-22(12)21(20)26)29(23)14-4-5-15(25)17(8-14)32-3/h4-6,8-9,11,13,18H,7,10H2,1-3H3,(H,27,28)(H,30,31)/t13-,18+/m0/s1. The van der Waals surface area contributed by atoms with Gasteiger partial charge in [0.25, 0.3) is 0 Å². The Bertz CT molecular complexity index is 1390. The van der Waals surface area contributed by atoms with Crippen LogP contribution in [0, 0.1) is 11.6 Å². The molecule has 7 nitrogen and oxygen atoms in total. The Hall–Kier alpha value is -3.46. The molecule has 0 radical (unpaired) electrons. The van der Waals surface area contributed by atoms with Gasteiger partial charge in [0, 0.05) is 34.1 Å². The highest BCUT2D eigenvalue weighted by Gasteiger charge is 2.37. The molecule has 5 rings (SSSR count). The Morgan fingerprint density at radius 3 is 2.79 bits per heavy atom. The number of hydrogen-bond acceptors (Lipinski definition) is 4. The van der Waals surface area contributed by atoms with Crippen LogP contribution < -0.4 is 4.74 Å². The summed E-state index contributed by atoms with van der Waals surface area (Å²) in [7, 11) is 1.39. The number of aromatic amines is 1. The van der Waals surface area contributed by atoms with Crippen LogP contribution in [0.2, 0.25) is 0 Å². The smallest absolute Gasteiger partial charge is 0.332 e. The zero-order chi connectivity index (χ0) is 23.4. The Morgan fingerprint density at radius 1 is 1.33 bits per heavy atom. The fourth-order valence-corrected chi connectivity index (χ4v) is 4.90. The first-order valence-electron chi connectivity index (χ1n) is 10.7. The van der Waals surface area contributed by atoms with Crippen molar-refractivity contribution in [3.05, 3.63) is 53.4 Å². The molecule has 0 unspecified atom stereocenters. The summed E-state index contributed by atoms with van der Waals surface area (Å²) in [5.74, 6) is -2.28. The summed E-state index contributed by atoms with van der Waals surface area (Å²) in [6.45, 7) is 4.15. The predicted molar refractivity (Wildman–Crippen MR) is 118 cm³/mol. The molecule has 2 aromatic heterocycles. The van der Waals surface area contributed by atoms with Gasteiger partial charge in [-0.2, -0.15) is 5.10 Å². The fourth-order valence-electron chi connectivity index (χ4n) is 4.90. The molecule has 33 heavy (non-hydrogen) atoms. The van der Waals surface area contributed by atoms with Gasteiger partial charge in [-0.25, -0.2) is 13.6 Å². The zero-order valence-electron chi connectivity index (χ0n) is 18.4. The highest BCUT2D eigenvalue weighted by atomic mass is 19.1. The first-order valence-corrected chi connectivity index (χ1v) is 10.7. The van der Waals surface area contributed by atoms with Gasteiger partial charge in [0.05, 0.1) is 25.4 Å². The molecule has 0 aliphatic carbocycles. The van der Waals surface area contributed by atoms with E-state index in [4.69, 9.17) is 9.47 Å². The van der Waals surface area contributed by atoms with E-state index in [9.17, 15) is 14.3 Å². The number of fused-ring (bicyclic) bond motifs is 2. The molecule has 1 aliphatic heterocycles. The van der Waals surface area contributed by atoms with Gasteiger partial charge in [0.15, 0.2) is 23.5 Å². The Kier molecular flexibility index (Phi) is 5.08. The van der Waals surface area contributed by atoms with E-state index < -0.39 is 23.7 Å². The number of H-pyrrole nitrogens is 1. The number of carboxylic acids is 1. The maximum Gasteiger partial charge on any atom is 0.332 e. The molecule has 2 atom stereocenters. The van der Waals surface area contributed by atoms with Gasteiger partial charge in [0.2, 0.25) is 0 Å². The minimum atomic E-state index is -1.04. The number of hydrogen-bond donors (Lipinski definition) is 2. The van der Waals surface area contributed by atoms with Gasteiger partial charge < -0.3 is 19.1 Å². The maximum absolute atomic E-state index is 15.9. The Balaban J connectivity index is 1.87. The molecule has 9 heteroatoms. The van der Waals surface area contributed by atoms with Crippen molar-refractivity contribution in [3.8, 4) is 11.4 Å². The molecule has 2 aromatic carbocycles. The van der Waals surface area contributed by atoms with Gasteiger partial charge in [-0.3, -0.25) is 5.10 Å². The number of nitrogens with one attached hydrogen (secondary N) is 1. The van der Waals surface area contributed by atoms with Crippen LogP contribution in [0.4, 0.5) is 8.78 Å². The third-order valence-electron chi connectivity index (χ3n) is 6.30. The van der Waals surface area contributed by atoms with Gasteiger partial charge in [-0.15, -0.1) is 0 Å². The number of benzene rings is 2. The number of carbonyl (C=O) groups is 1. The normalized spacial score (nSPS) is 18.6. The minimum Gasteiger partial charge on any atom is -0.494 e. The second-order valence-corrected chi connectivity index (χ2v) is 8.62. The van der Waals surface area contributed by atoms with Crippen LogP contribution >= 0.6 is 0 Å². The number of aromatic nitrogens is 3. The van der Waals surface area contributed by atoms with Crippen molar-refractivity contribution in [2.45, 2.75) is 38.2 Å². The van der Waals surface area contributed by atoms with Gasteiger partial charge in [-0.1, -0.05) is 13.8 Å². The molecule has 2 N–H and O–H groups in total. The summed E-state index contributed by atoms with van der Waals surface area (Å²) in [4.78, 5) is 11.5. The van der Waals surface area contributed by atoms with Crippen molar-refractivity contribution in [3.63, 3.8) is 0 Å². The van der Waals surface area contributed by atoms with E-state index in [1.165, 1.54) is 13.2 Å². The quantitative estimate of drug-likeness (QED) is 0.448. The molecule has 0 bridgehead atoms. The number of aliphatic carboxylic acids is 1. The summed E-state index contributed by atoms with van der Waals surface area (Å²) in [5.41, 5.74) is 3.01. The summed E-state index contributed by atoms with van der Waals surface area (Å²) < 4.78 is 42.7. The van der Waals surface area contributed by atoms with Crippen LogP contribution in [0.15, 0.2) is 30.5 Å². The lowest BCUT2D eigenvalue weighted by Crippen LogP contribution is -2.18. The second kappa shape index (κ2) is 7.84. The second-order valence-electron chi connectivity index (χ2n) is 8.62. The van der Waals surface area contributed by atoms with E-state index in [2.05, 4.69) is 10.2 Å².